The molecule has 0 amide bonds. The van der Waals surface area contributed by atoms with Crippen molar-refractivity contribution in [1.29, 1.82) is 0 Å². The van der Waals surface area contributed by atoms with Gasteiger partial charge in [-0.1, -0.05) is 19.3 Å². The van der Waals surface area contributed by atoms with Crippen molar-refractivity contribution in [3.05, 3.63) is 0 Å². The Balaban J connectivity index is 2.45. The molecule has 0 spiro atoms. The predicted molar refractivity (Wildman–Crippen MR) is 80.6 cm³/mol. The average Bonchev–Trinajstić information content (AvgIpc) is 2.43. The number of nitrogens with one attached hydrogen (secondary N) is 1. The van der Waals surface area contributed by atoms with Gasteiger partial charge in [0.2, 0.25) is 0 Å². The number of hydrogen-bond acceptors (Lipinski definition) is 3. The Labute approximate surface area is 119 Å². The fourth-order valence-corrected chi connectivity index (χ4v) is 3.01. The van der Waals surface area contributed by atoms with E-state index in [-0.39, 0.29) is 5.60 Å². The molecule has 0 heterocycles. The van der Waals surface area contributed by atoms with Gasteiger partial charge in [-0.25, -0.2) is 0 Å². The van der Waals surface area contributed by atoms with Gasteiger partial charge in [-0.05, 0) is 44.9 Å². The molecule has 3 nitrogen and oxygen atoms in total. The molecule has 0 aromatic carbocycles. The second-order valence-corrected chi connectivity index (χ2v) is 6.69. The number of methoxy groups -OCH3 is 2. The summed E-state index contributed by atoms with van der Waals surface area (Å²) in [5.41, 5.74) is 0.499. The first-order chi connectivity index (χ1) is 9.04. The van der Waals surface area contributed by atoms with Crippen molar-refractivity contribution >= 4 is 0 Å². The Bertz CT molecular complexity index is 235. The van der Waals surface area contributed by atoms with Crippen molar-refractivity contribution in [2.24, 2.45) is 5.41 Å². The highest BCUT2D eigenvalue weighted by Gasteiger charge is 2.33. The van der Waals surface area contributed by atoms with Crippen LogP contribution in [0, 0.1) is 5.41 Å². The van der Waals surface area contributed by atoms with Crippen LogP contribution in [0.1, 0.15) is 58.8 Å². The summed E-state index contributed by atoms with van der Waals surface area (Å²) in [6, 6.07) is 0. The van der Waals surface area contributed by atoms with Crippen LogP contribution in [0.3, 0.4) is 0 Å². The van der Waals surface area contributed by atoms with Crippen molar-refractivity contribution < 1.29 is 9.47 Å². The maximum absolute atomic E-state index is 5.58. The highest BCUT2D eigenvalue weighted by atomic mass is 16.5. The van der Waals surface area contributed by atoms with Crippen LogP contribution in [0.4, 0.5) is 0 Å². The lowest BCUT2D eigenvalue weighted by molar-refractivity contribution is -0.000991. The zero-order chi connectivity index (χ0) is 14.2. The maximum atomic E-state index is 5.58. The quantitative estimate of drug-likeness (QED) is 0.652. The monoisotopic (exact) mass is 271 g/mol. The van der Waals surface area contributed by atoms with Crippen LogP contribution in [0.25, 0.3) is 0 Å². The first-order valence-corrected chi connectivity index (χ1v) is 7.78. The van der Waals surface area contributed by atoms with E-state index in [0.717, 1.165) is 26.1 Å². The molecule has 3 heteroatoms. The minimum Gasteiger partial charge on any atom is -0.383 e. The maximum Gasteiger partial charge on any atom is 0.0623 e. The smallest absolute Gasteiger partial charge is 0.0623 e. The van der Waals surface area contributed by atoms with E-state index >= 15 is 0 Å². The number of rotatable bonds is 9. The first kappa shape index (κ1) is 16.9. The van der Waals surface area contributed by atoms with E-state index in [1.807, 2.05) is 7.11 Å². The van der Waals surface area contributed by atoms with Gasteiger partial charge in [0.05, 0.1) is 12.2 Å². The molecule has 0 bridgehead atoms. The molecule has 0 aromatic heterocycles. The van der Waals surface area contributed by atoms with Crippen molar-refractivity contribution in [2.75, 3.05) is 33.9 Å². The zero-order valence-electron chi connectivity index (χ0n) is 13.4. The summed E-state index contributed by atoms with van der Waals surface area (Å²) in [5.74, 6) is 0. The highest BCUT2D eigenvalue weighted by molar-refractivity contribution is 4.87. The van der Waals surface area contributed by atoms with Gasteiger partial charge >= 0.3 is 0 Å². The van der Waals surface area contributed by atoms with Gasteiger partial charge in [-0.3, -0.25) is 0 Å². The van der Waals surface area contributed by atoms with Crippen molar-refractivity contribution in [1.82, 2.24) is 5.32 Å². The van der Waals surface area contributed by atoms with Crippen LogP contribution in [-0.2, 0) is 9.47 Å². The molecule has 19 heavy (non-hydrogen) atoms. The molecule has 1 rings (SSSR count). The van der Waals surface area contributed by atoms with Crippen LogP contribution in [-0.4, -0.2) is 39.5 Å². The van der Waals surface area contributed by atoms with Gasteiger partial charge in [-0.2, -0.15) is 0 Å². The molecule has 1 fully saturated rings. The summed E-state index contributed by atoms with van der Waals surface area (Å²) in [7, 11) is 3.59. The van der Waals surface area contributed by atoms with E-state index in [0.29, 0.717) is 5.41 Å². The summed E-state index contributed by atoms with van der Waals surface area (Å²) in [6.07, 6.45) is 9.34. The molecule has 1 saturated carbocycles. The van der Waals surface area contributed by atoms with Crippen molar-refractivity contribution in [3.8, 4) is 0 Å². The fraction of sp³-hybridized carbons (Fsp3) is 1.00. The zero-order valence-corrected chi connectivity index (χ0v) is 13.4. The van der Waals surface area contributed by atoms with Crippen LogP contribution < -0.4 is 5.32 Å². The number of ether oxygens (including phenoxy) is 2. The molecule has 0 radical (unpaired) electrons. The Hall–Kier alpha value is -0.120. The van der Waals surface area contributed by atoms with Gasteiger partial charge in [0.1, 0.15) is 0 Å². The average molecular weight is 271 g/mol. The lowest BCUT2D eigenvalue weighted by Crippen LogP contribution is -2.39. The SMILES string of the molecule is COCCNCC1(CCC(C)(C)OC)CCCCC1. The van der Waals surface area contributed by atoms with E-state index in [4.69, 9.17) is 9.47 Å². The summed E-state index contributed by atoms with van der Waals surface area (Å²) in [5, 5.41) is 3.59. The summed E-state index contributed by atoms with van der Waals surface area (Å²) < 4.78 is 10.7. The van der Waals surface area contributed by atoms with E-state index in [1.165, 1.54) is 38.5 Å². The number of hydrogen-bond donors (Lipinski definition) is 1. The van der Waals surface area contributed by atoms with Crippen molar-refractivity contribution in [3.63, 3.8) is 0 Å². The Morgan fingerprint density at radius 2 is 1.79 bits per heavy atom. The van der Waals surface area contributed by atoms with Gasteiger partial charge < -0.3 is 14.8 Å². The molecule has 0 atom stereocenters. The molecular formula is C16H33NO2. The molecule has 0 saturated heterocycles. The third-order valence-corrected chi connectivity index (χ3v) is 4.71. The van der Waals surface area contributed by atoms with Gasteiger partial charge in [0.15, 0.2) is 0 Å². The molecule has 0 unspecified atom stereocenters. The third kappa shape index (κ3) is 6.24. The first-order valence-electron chi connectivity index (χ1n) is 7.78. The lowest BCUT2D eigenvalue weighted by atomic mass is 9.70. The molecule has 114 valence electrons. The molecule has 0 aromatic rings. The molecule has 1 aliphatic carbocycles. The second kappa shape index (κ2) is 8.23. The molecule has 1 aliphatic rings. The fourth-order valence-electron chi connectivity index (χ4n) is 3.01. The van der Waals surface area contributed by atoms with Crippen molar-refractivity contribution in [2.45, 2.75) is 64.4 Å². The Morgan fingerprint density at radius 1 is 1.11 bits per heavy atom. The second-order valence-electron chi connectivity index (χ2n) is 6.69. The van der Waals surface area contributed by atoms with Gasteiger partial charge in [-0.15, -0.1) is 0 Å². The highest BCUT2D eigenvalue weighted by Crippen LogP contribution is 2.41. The van der Waals surface area contributed by atoms with Crippen LogP contribution >= 0.6 is 0 Å². The van der Waals surface area contributed by atoms with E-state index in [9.17, 15) is 0 Å². The van der Waals surface area contributed by atoms with Gasteiger partial charge in [0, 0.05) is 27.3 Å². The molecule has 0 aliphatic heterocycles. The largest absolute Gasteiger partial charge is 0.383 e. The summed E-state index contributed by atoms with van der Waals surface area (Å²) in [4.78, 5) is 0. The minimum atomic E-state index is 0.0109. The van der Waals surface area contributed by atoms with Gasteiger partial charge in [0.25, 0.3) is 0 Å². The summed E-state index contributed by atoms with van der Waals surface area (Å²) >= 11 is 0. The van der Waals surface area contributed by atoms with E-state index < -0.39 is 0 Å². The van der Waals surface area contributed by atoms with Crippen LogP contribution in [0.15, 0.2) is 0 Å². The third-order valence-electron chi connectivity index (χ3n) is 4.71. The Morgan fingerprint density at radius 3 is 2.37 bits per heavy atom. The lowest BCUT2D eigenvalue weighted by Gasteiger charge is -2.40. The van der Waals surface area contributed by atoms with Crippen LogP contribution in [0.2, 0.25) is 0 Å². The topological polar surface area (TPSA) is 30.5 Å². The summed E-state index contributed by atoms with van der Waals surface area (Å²) in [6.45, 7) is 7.30. The van der Waals surface area contributed by atoms with E-state index in [1.54, 1.807) is 7.11 Å². The molecular weight excluding hydrogens is 238 g/mol. The predicted octanol–water partition coefficient (Wildman–Crippen LogP) is 3.38. The normalized spacial score (nSPS) is 19.6. The van der Waals surface area contributed by atoms with Crippen LogP contribution in [0.5, 0.6) is 0 Å². The minimum absolute atomic E-state index is 0.0109. The standard InChI is InChI=1S/C16H33NO2/c1-15(2,19-4)10-11-16(8-6-5-7-9-16)14-17-12-13-18-3/h17H,5-14H2,1-4H3. The molecule has 1 N–H and O–H groups in total. The van der Waals surface area contributed by atoms with E-state index in [2.05, 4.69) is 19.2 Å². The Kier molecular flexibility index (Phi) is 7.33.